The zero-order chi connectivity index (χ0) is 9.86. The minimum Gasteiger partial charge on any atom is -0.907 e. The van der Waals surface area contributed by atoms with Gasteiger partial charge in [0, 0.05) is 0 Å². The second-order valence-corrected chi connectivity index (χ2v) is 0.827. The Hall–Kier alpha value is 1.58. The van der Waals surface area contributed by atoms with Gasteiger partial charge in [-0.15, -0.1) is 0 Å². The SMILES string of the molecule is O=[Si]=O.[O-]B([O-])[O-].[O-]B([O-])[O-].[Zn+2].[Zn+2].[Zn+2]. The maximum Gasteiger partial charge on any atom is 2.00 e. The van der Waals surface area contributed by atoms with Gasteiger partial charge >= 0.3 is 67.7 Å². The molecule has 0 aromatic heterocycles. The first-order valence-corrected chi connectivity index (χ1v) is 2.64. The van der Waals surface area contributed by atoms with Gasteiger partial charge in [0.2, 0.25) is 0 Å². The minimum atomic E-state index is -2.92. The Bertz CT molecular complexity index is 83.1. The van der Waals surface area contributed by atoms with Crippen LogP contribution in [0.1, 0.15) is 0 Å². The predicted molar refractivity (Wildman–Crippen MR) is 18.6 cm³/mol. The van der Waals surface area contributed by atoms with E-state index in [2.05, 4.69) is 0 Å². The summed E-state index contributed by atoms with van der Waals surface area (Å²) in [6.45, 7) is 0. The van der Waals surface area contributed by atoms with Crippen molar-refractivity contribution < 1.29 is 97.5 Å². The summed E-state index contributed by atoms with van der Waals surface area (Å²) in [5, 5.41) is 50.5. The molecule has 0 aliphatic heterocycles. The van der Waals surface area contributed by atoms with Gasteiger partial charge in [0.1, 0.15) is 0 Å². The molecular weight excluding hydrogens is 374 g/mol. The molecule has 14 heavy (non-hydrogen) atoms. The van der Waals surface area contributed by atoms with E-state index in [9.17, 15) is 0 Å². The standard InChI is InChI=1S/2BO3.O2Si.3Zn/c2*2-1(3)4;1-3-2;;;/q2*-3;;3*+2. The Morgan fingerprint density at radius 3 is 0.643 bits per heavy atom. The summed E-state index contributed by atoms with van der Waals surface area (Å²) in [4.78, 5) is 0. The third kappa shape index (κ3) is 864. The molecule has 8 nitrogen and oxygen atoms in total. The third-order valence-corrected chi connectivity index (χ3v) is 0. The normalized spacial score (nSPS) is 4.43. The first-order chi connectivity index (χ1) is 4.88. The number of hydrogen-bond acceptors (Lipinski definition) is 8. The van der Waals surface area contributed by atoms with Crippen LogP contribution in [0.25, 0.3) is 0 Å². The average molecular weight is 374 g/mol. The maximum absolute atomic E-state index is 8.42. The zero-order valence-corrected chi connectivity index (χ0v) is 16.9. The molecule has 0 saturated heterocycles. The molecule has 0 unspecified atom stereocenters. The summed E-state index contributed by atoms with van der Waals surface area (Å²) in [5.74, 6) is 0. The van der Waals surface area contributed by atoms with Crippen molar-refractivity contribution in [3.8, 4) is 0 Å². The molecule has 0 rings (SSSR count). The van der Waals surface area contributed by atoms with Crippen molar-refractivity contribution in [2.75, 3.05) is 0 Å². The summed E-state index contributed by atoms with van der Waals surface area (Å²) in [6.07, 6.45) is 0. The second-order valence-electron chi connectivity index (χ2n) is 0.661. The summed E-state index contributed by atoms with van der Waals surface area (Å²) in [7, 11) is -7.25. The number of rotatable bonds is 0. The molecule has 64 valence electrons. The molecule has 0 bridgehead atoms. The Labute approximate surface area is 121 Å². The van der Waals surface area contributed by atoms with E-state index >= 15 is 0 Å². The Kier molecular flexibility index (Phi) is 94.2. The first kappa shape index (κ1) is 36.1. The van der Waals surface area contributed by atoms with Crippen LogP contribution >= 0.6 is 0 Å². The van der Waals surface area contributed by atoms with Crippen LogP contribution in [0.4, 0.5) is 0 Å². The monoisotopic (exact) mass is 370 g/mol. The molecule has 0 aromatic carbocycles. The minimum absolute atomic E-state index is 0. The molecule has 0 aromatic rings. The summed E-state index contributed by atoms with van der Waals surface area (Å²) < 4.78 is 16.8. The van der Waals surface area contributed by atoms with E-state index in [1.807, 2.05) is 0 Å². The zero-order valence-electron chi connectivity index (χ0n) is 7.04. The summed E-state index contributed by atoms with van der Waals surface area (Å²) in [6, 6.07) is 0. The second kappa shape index (κ2) is 36.5. The molecule has 0 aliphatic rings. The molecule has 0 saturated carbocycles. The molecule has 0 radical (unpaired) electrons. The van der Waals surface area contributed by atoms with Crippen molar-refractivity contribution in [3.05, 3.63) is 0 Å². The predicted octanol–water partition coefficient (Wildman–Crippen LogP) is -8.52. The Morgan fingerprint density at radius 1 is 0.643 bits per heavy atom. The Morgan fingerprint density at radius 2 is 0.643 bits per heavy atom. The fourth-order valence-electron chi connectivity index (χ4n) is 0. The van der Waals surface area contributed by atoms with Crippen molar-refractivity contribution in [3.63, 3.8) is 0 Å². The quantitative estimate of drug-likeness (QED) is 0.376. The van der Waals surface area contributed by atoms with Crippen LogP contribution < -0.4 is 30.1 Å². The van der Waals surface area contributed by atoms with Crippen LogP contribution in [-0.4, -0.2) is 23.9 Å². The van der Waals surface area contributed by atoms with Crippen LogP contribution in [0.5, 0.6) is 0 Å². The topological polar surface area (TPSA) is 172 Å². The van der Waals surface area contributed by atoms with Crippen molar-refractivity contribution in [2.45, 2.75) is 0 Å². The van der Waals surface area contributed by atoms with Gasteiger partial charge in [0.05, 0.1) is 0 Å². The first-order valence-electron chi connectivity index (χ1n) is 1.82. The largest absolute Gasteiger partial charge is 2.00 e. The molecule has 0 atom stereocenters. The smallest absolute Gasteiger partial charge is 0.907 e. The van der Waals surface area contributed by atoms with Gasteiger partial charge in [-0.1, -0.05) is 0 Å². The fourth-order valence-corrected chi connectivity index (χ4v) is 0. The van der Waals surface area contributed by atoms with Crippen LogP contribution in [-0.2, 0) is 67.4 Å². The molecular formula is B2O8SiZn3. The van der Waals surface area contributed by atoms with Crippen molar-refractivity contribution in [2.24, 2.45) is 0 Å². The van der Waals surface area contributed by atoms with Crippen LogP contribution in [0, 0.1) is 0 Å². The van der Waals surface area contributed by atoms with E-state index in [-0.39, 0.29) is 58.4 Å². The summed E-state index contributed by atoms with van der Waals surface area (Å²) in [5.41, 5.74) is 0. The van der Waals surface area contributed by atoms with Crippen molar-refractivity contribution >= 4 is 23.9 Å². The van der Waals surface area contributed by atoms with Gasteiger partial charge in [0.25, 0.3) is 0 Å². The van der Waals surface area contributed by atoms with Crippen LogP contribution in [0.15, 0.2) is 0 Å². The van der Waals surface area contributed by atoms with E-state index in [1.54, 1.807) is 0 Å². The van der Waals surface area contributed by atoms with E-state index in [0.29, 0.717) is 0 Å². The van der Waals surface area contributed by atoms with Gasteiger partial charge in [0.15, 0.2) is 0 Å². The maximum atomic E-state index is 8.42. The van der Waals surface area contributed by atoms with Crippen LogP contribution in [0.2, 0.25) is 0 Å². The molecule has 0 heterocycles. The van der Waals surface area contributed by atoms with E-state index in [1.165, 1.54) is 0 Å². The van der Waals surface area contributed by atoms with Crippen molar-refractivity contribution in [1.29, 1.82) is 0 Å². The van der Waals surface area contributed by atoms with E-state index in [0.717, 1.165) is 0 Å². The van der Waals surface area contributed by atoms with Gasteiger partial charge in [-0.3, -0.25) is 23.6 Å². The fraction of sp³-hybridized carbons (Fsp3) is 0. The van der Waals surface area contributed by atoms with Crippen molar-refractivity contribution in [1.82, 2.24) is 0 Å². The molecule has 0 aliphatic carbocycles. The summed E-state index contributed by atoms with van der Waals surface area (Å²) >= 11 is 0. The van der Waals surface area contributed by atoms with Crippen LogP contribution in [0.3, 0.4) is 0 Å². The third-order valence-electron chi connectivity index (χ3n) is 0. The molecule has 0 fully saturated rings. The van der Waals surface area contributed by atoms with Gasteiger partial charge < -0.3 is 30.1 Å². The van der Waals surface area contributed by atoms with E-state index in [4.69, 9.17) is 39.1 Å². The van der Waals surface area contributed by atoms with Gasteiger partial charge in [-0.05, 0) is 0 Å². The molecule has 0 amide bonds. The molecule has 0 N–H and O–H groups in total. The van der Waals surface area contributed by atoms with Gasteiger partial charge in [-0.2, -0.15) is 0 Å². The van der Waals surface area contributed by atoms with Gasteiger partial charge in [-0.25, -0.2) is 0 Å². The molecule has 14 heteroatoms. The number of hydrogen-bond donors (Lipinski definition) is 0. The van der Waals surface area contributed by atoms with E-state index < -0.39 is 23.9 Å². The average Bonchev–Trinajstić information content (AvgIpc) is 1.60. The Balaban J connectivity index is -0.0000000156. The molecule has 0 spiro atoms.